The lowest BCUT2D eigenvalue weighted by atomic mass is 9.75. The predicted molar refractivity (Wildman–Crippen MR) is 133 cm³/mol. The zero-order valence-corrected chi connectivity index (χ0v) is 21.1. The maximum atomic E-state index is 10.1. The summed E-state index contributed by atoms with van der Waals surface area (Å²) < 4.78 is 6.47. The first-order valence-corrected chi connectivity index (χ1v) is 13.3. The monoisotopic (exact) mass is 469 g/mol. The van der Waals surface area contributed by atoms with Gasteiger partial charge in [0, 0.05) is 42.7 Å². The van der Waals surface area contributed by atoms with Crippen molar-refractivity contribution in [3.63, 3.8) is 0 Å². The van der Waals surface area contributed by atoms with Gasteiger partial charge in [-0.3, -0.25) is 0 Å². The van der Waals surface area contributed by atoms with Gasteiger partial charge in [0.25, 0.3) is 0 Å². The quantitative estimate of drug-likeness (QED) is 0.189. The van der Waals surface area contributed by atoms with Crippen molar-refractivity contribution in [2.45, 2.75) is 108 Å². The Balaban J connectivity index is 1.37. The van der Waals surface area contributed by atoms with Crippen molar-refractivity contribution in [1.82, 2.24) is 10.6 Å². The Morgan fingerprint density at radius 3 is 2.67 bits per heavy atom. The summed E-state index contributed by atoms with van der Waals surface area (Å²) in [6, 6.07) is 0.873. The van der Waals surface area contributed by atoms with Crippen LogP contribution in [0.4, 0.5) is 0 Å². The molecule has 11 unspecified atom stereocenters. The van der Waals surface area contributed by atoms with Crippen LogP contribution >= 0.6 is 0 Å². The summed E-state index contributed by atoms with van der Waals surface area (Å²) in [6.45, 7) is 8.29. The van der Waals surface area contributed by atoms with Crippen LogP contribution in [0.15, 0.2) is 0 Å². The molecule has 0 aromatic carbocycles. The van der Waals surface area contributed by atoms with Crippen LogP contribution in [0.25, 0.3) is 0 Å². The number of hydrogen-bond donors (Lipinski definition) is 7. The van der Waals surface area contributed by atoms with Crippen LogP contribution in [-0.2, 0) is 4.74 Å². The topological polar surface area (TPSA) is 162 Å². The maximum Gasteiger partial charge on any atom is 0.0732 e. The summed E-state index contributed by atoms with van der Waals surface area (Å²) in [5.74, 6) is 1.40. The minimum Gasteiger partial charge on any atom is -0.396 e. The molecular formula is C25H51N5O3. The number of aliphatic hydroxyl groups excluding tert-OH is 2. The number of rotatable bonds is 13. The highest BCUT2D eigenvalue weighted by atomic mass is 16.5. The lowest BCUT2D eigenvalue weighted by molar-refractivity contribution is -0.0515. The summed E-state index contributed by atoms with van der Waals surface area (Å²) in [5, 5.41) is 26.4. The number of aliphatic hydroxyl groups is 2. The van der Waals surface area contributed by atoms with E-state index in [0.29, 0.717) is 35.9 Å². The Hall–Kier alpha value is -0.320. The Labute approximate surface area is 200 Å². The predicted octanol–water partition coefficient (Wildman–Crippen LogP) is 0.289. The normalized spacial score (nSPS) is 40.0. The van der Waals surface area contributed by atoms with Gasteiger partial charge in [0.1, 0.15) is 0 Å². The van der Waals surface area contributed by atoms with Crippen molar-refractivity contribution in [2.75, 3.05) is 26.2 Å². The van der Waals surface area contributed by atoms with Gasteiger partial charge in [-0.2, -0.15) is 0 Å². The smallest absolute Gasteiger partial charge is 0.0732 e. The summed E-state index contributed by atoms with van der Waals surface area (Å²) in [5.41, 5.74) is 18.9. The zero-order chi connectivity index (χ0) is 24.2. The molecule has 3 fully saturated rings. The first-order valence-electron chi connectivity index (χ1n) is 13.3. The van der Waals surface area contributed by atoms with Crippen LogP contribution in [0.5, 0.6) is 0 Å². The van der Waals surface area contributed by atoms with Crippen molar-refractivity contribution in [3.8, 4) is 0 Å². The van der Waals surface area contributed by atoms with Gasteiger partial charge in [-0.25, -0.2) is 0 Å². The second-order valence-electron chi connectivity index (χ2n) is 11.7. The minimum absolute atomic E-state index is 0.0835. The molecule has 10 N–H and O–H groups in total. The second kappa shape index (κ2) is 12.1. The molecule has 1 aliphatic heterocycles. The highest BCUT2D eigenvalue weighted by Crippen LogP contribution is 2.43. The standard InChI is InChI=1S/C25H51N5O3/c1-15(9-18-6-7-25(3)24(30-25)23(18)28)8-16(2)33-22-10-17(4-5-20(22)27)12-29-13-21(32)19(11-26)14-31/h15-24,29-32H,4-14,26-28H2,1-3H3. The van der Waals surface area contributed by atoms with Crippen LogP contribution in [0.2, 0.25) is 0 Å². The largest absolute Gasteiger partial charge is 0.396 e. The van der Waals surface area contributed by atoms with Gasteiger partial charge < -0.3 is 42.8 Å². The molecule has 1 heterocycles. The third-order valence-corrected chi connectivity index (χ3v) is 8.72. The molecule has 1 saturated heterocycles. The van der Waals surface area contributed by atoms with E-state index in [1.54, 1.807) is 0 Å². The third-order valence-electron chi connectivity index (χ3n) is 8.72. The number of fused-ring (bicyclic) bond motifs is 1. The van der Waals surface area contributed by atoms with Crippen molar-refractivity contribution >= 4 is 0 Å². The molecule has 194 valence electrons. The fourth-order valence-electron chi connectivity index (χ4n) is 6.35. The van der Waals surface area contributed by atoms with Gasteiger partial charge in [-0.1, -0.05) is 6.92 Å². The molecule has 0 aromatic heterocycles. The van der Waals surface area contributed by atoms with Crippen LogP contribution in [-0.4, -0.2) is 78.4 Å². The molecule has 3 aliphatic rings. The van der Waals surface area contributed by atoms with Gasteiger partial charge in [0.15, 0.2) is 0 Å². The van der Waals surface area contributed by atoms with E-state index < -0.39 is 6.10 Å². The average Bonchev–Trinajstić information content (AvgIpc) is 3.46. The summed E-state index contributed by atoms with van der Waals surface area (Å²) in [4.78, 5) is 0. The number of ether oxygens (including phenoxy) is 1. The summed E-state index contributed by atoms with van der Waals surface area (Å²) in [6.07, 6.45) is 7.31. The fourth-order valence-corrected chi connectivity index (χ4v) is 6.35. The Morgan fingerprint density at radius 2 is 1.97 bits per heavy atom. The van der Waals surface area contributed by atoms with E-state index in [9.17, 15) is 10.2 Å². The molecule has 33 heavy (non-hydrogen) atoms. The first-order chi connectivity index (χ1) is 15.7. The average molecular weight is 470 g/mol. The van der Waals surface area contributed by atoms with Crippen LogP contribution in [0, 0.1) is 23.7 Å². The van der Waals surface area contributed by atoms with E-state index in [4.69, 9.17) is 21.9 Å². The van der Waals surface area contributed by atoms with E-state index >= 15 is 0 Å². The van der Waals surface area contributed by atoms with Crippen LogP contribution < -0.4 is 27.8 Å². The fraction of sp³-hybridized carbons (Fsp3) is 1.00. The lowest BCUT2D eigenvalue weighted by Gasteiger charge is -2.37. The summed E-state index contributed by atoms with van der Waals surface area (Å²) >= 11 is 0. The van der Waals surface area contributed by atoms with Crippen LogP contribution in [0.1, 0.15) is 65.7 Å². The highest BCUT2D eigenvalue weighted by Gasteiger charge is 2.56. The molecule has 0 bridgehead atoms. The van der Waals surface area contributed by atoms with Gasteiger partial charge >= 0.3 is 0 Å². The van der Waals surface area contributed by atoms with Crippen LogP contribution in [0.3, 0.4) is 0 Å². The molecule has 11 atom stereocenters. The van der Waals surface area contributed by atoms with Crippen molar-refractivity contribution in [3.05, 3.63) is 0 Å². The molecule has 8 nitrogen and oxygen atoms in total. The van der Waals surface area contributed by atoms with Gasteiger partial charge in [0.05, 0.1) is 18.3 Å². The van der Waals surface area contributed by atoms with E-state index in [1.165, 1.54) is 19.3 Å². The molecule has 8 heteroatoms. The van der Waals surface area contributed by atoms with E-state index in [2.05, 4.69) is 31.4 Å². The van der Waals surface area contributed by atoms with Gasteiger partial charge in [0.2, 0.25) is 0 Å². The number of hydrogen-bond acceptors (Lipinski definition) is 8. The molecule has 0 radical (unpaired) electrons. The maximum absolute atomic E-state index is 10.1. The molecule has 0 spiro atoms. The van der Waals surface area contributed by atoms with E-state index in [1.807, 2.05) is 0 Å². The van der Waals surface area contributed by atoms with Gasteiger partial charge in [-0.05, 0) is 89.6 Å². The first kappa shape index (κ1) is 27.3. The van der Waals surface area contributed by atoms with Crippen molar-refractivity contribution in [2.24, 2.45) is 40.9 Å². The Bertz CT molecular complexity index is 594. The second-order valence-corrected chi connectivity index (χ2v) is 11.7. The van der Waals surface area contributed by atoms with Gasteiger partial charge in [-0.15, -0.1) is 0 Å². The lowest BCUT2D eigenvalue weighted by Crippen LogP contribution is -2.46. The van der Waals surface area contributed by atoms with E-state index in [-0.39, 0.29) is 43.4 Å². The Morgan fingerprint density at radius 1 is 1.21 bits per heavy atom. The molecule has 2 saturated carbocycles. The number of nitrogens with one attached hydrogen (secondary N) is 2. The Kier molecular flexibility index (Phi) is 9.98. The van der Waals surface area contributed by atoms with Crippen molar-refractivity contribution < 1.29 is 14.9 Å². The molecule has 2 aliphatic carbocycles. The SMILES string of the molecule is CC(CC(C)OC1CC(CNCC(O)C(CN)CO)CCC1N)CC1CCC2(C)NC2C1N. The molecular weight excluding hydrogens is 418 g/mol. The third kappa shape index (κ3) is 7.34. The zero-order valence-electron chi connectivity index (χ0n) is 21.1. The number of nitrogens with two attached hydrogens (primary N) is 3. The molecule has 0 amide bonds. The molecule has 3 rings (SSSR count). The molecule has 0 aromatic rings. The van der Waals surface area contributed by atoms with E-state index in [0.717, 1.165) is 32.2 Å². The summed E-state index contributed by atoms with van der Waals surface area (Å²) in [7, 11) is 0. The minimum atomic E-state index is -0.624. The highest BCUT2D eigenvalue weighted by molar-refractivity contribution is 5.19. The van der Waals surface area contributed by atoms with Crippen molar-refractivity contribution in [1.29, 1.82) is 0 Å².